The number of Topliss-reactive ketones (excluding diaryl/α,β-unsaturated/α-hetero) is 1. The molecule has 3 heteroatoms. The summed E-state index contributed by atoms with van der Waals surface area (Å²) in [4.78, 5) is 26.4. The number of amides is 1. The predicted octanol–water partition coefficient (Wildman–Crippen LogP) is 4.33. The van der Waals surface area contributed by atoms with Crippen LogP contribution >= 0.6 is 0 Å². The van der Waals surface area contributed by atoms with Crippen LogP contribution in [0.15, 0.2) is 54.6 Å². The van der Waals surface area contributed by atoms with Crippen LogP contribution in [-0.4, -0.2) is 29.7 Å². The number of hydrogen-bond acceptors (Lipinski definition) is 2. The van der Waals surface area contributed by atoms with Gasteiger partial charge in [0.05, 0.1) is 0 Å². The normalized spacial score (nSPS) is 14.4. The summed E-state index contributed by atoms with van der Waals surface area (Å²) in [6.07, 6.45) is 3.98. The summed E-state index contributed by atoms with van der Waals surface area (Å²) in [6.45, 7) is 1.69. The van der Waals surface area contributed by atoms with Crippen LogP contribution in [0, 0.1) is 0 Å². The average molecular weight is 321 g/mol. The van der Waals surface area contributed by atoms with Crippen molar-refractivity contribution in [2.24, 2.45) is 0 Å². The molecule has 0 aliphatic carbocycles. The van der Waals surface area contributed by atoms with Crippen LogP contribution < -0.4 is 0 Å². The average Bonchev–Trinajstić information content (AvgIpc) is 2.67. The highest BCUT2D eigenvalue weighted by Crippen LogP contribution is 2.20. The molecule has 2 aromatic carbocycles. The molecule has 124 valence electrons. The van der Waals surface area contributed by atoms with Gasteiger partial charge in [-0.2, -0.15) is 0 Å². The van der Waals surface area contributed by atoms with Crippen molar-refractivity contribution < 1.29 is 9.59 Å². The molecule has 0 N–H and O–H groups in total. The minimum absolute atomic E-state index is 0.0416. The third-order valence-electron chi connectivity index (χ3n) is 4.59. The van der Waals surface area contributed by atoms with Crippen molar-refractivity contribution in [2.45, 2.75) is 32.1 Å². The van der Waals surface area contributed by atoms with E-state index < -0.39 is 0 Å². The van der Waals surface area contributed by atoms with Gasteiger partial charge in [-0.1, -0.05) is 54.6 Å². The van der Waals surface area contributed by atoms with Crippen LogP contribution in [0.5, 0.6) is 0 Å². The minimum Gasteiger partial charge on any atom is -0.343 e. The van der Waals surface area contributed by atoms with Crippen LogP contribution in [0.25, 0.3) is 11.1 Å². The third-order valence-corrected chi connectivity index (χ3v) is 4.59. The van der Waals surface area contributed by atoms with Crippen molar-refractivity contribution in [3.63, 3.8) is 0 Å². The molecule has 0 aromatic heterocycles. The van der Waals surface area contributed by atoms with E-state index >= 15 is 0 Å². The second-order valence-corrected chi connectivity index (χ2v) is 6.31. The molecule has 1 amide bonds. The Bertz CT molecular complexity index is 686. The molecule has 0 atom stereocenters. The summed E-state index contributed by atoms with van der Waals surface area (Å²) in [5, 5.41) is 0. The summed E-state index contributed by atoms with van der Waals surface area (Å²) in [5.74, 6) is 0.156. The number of rotatable bonds is 5. The number of carbonyl (C=O) groups excluding carboxylic acids is 2. The molecule has 0 radical (unpaired) electrons. The van der Waals surface area contributed by atoms with E-state index in [1.165, 1.54) is 6.42 Å². The van der Waals surface area contributed by atoms with Crippen molar-refractivity contribution in [1.82, 2.24) is 4.90 Å². The molecule has 0 spiro atoms. The Morgan fingerprint density at radius 1 is 0.750 bits per heavy atom. The van der Waals surface area contributed by atoms with Crippen LogP contribution in [0.4, 0.5) is 0 Å². The molecule has 3 nitrogen and oxygen atoms in total. The van der Waals surface area contributed by atoms with Crippen LogP contribution in [0.3, 0.4) is 0 Å². The zero-order valence-electron chi connectivity index (χ0n) is 13.9. The Morgan fingerprint density at radius 2 is 1.38 bits per heavy atom. The van der Waals surface area contributed by atoms with Gasteiger partial charge in [0.1, 0.15) is 0 Å². The minimum atomic E-state index is 0.0416. The fourth-order valence-corrected chi connectivity index (χ4v) is 3.15. The van der Waals surface area contributed by atoms with Crippen molar-refractivity contribution >= 4 is 11.7 Å². The van der Waals surface area contributed by atoms with E-state index in [4.69, 9.17) is 0 Å². The molecule has 3 rings (SSSR count). The maximum atomic E-state index is 12.3. The van der Waals surface area contributed by atoms with Gasteiger partial charge in [-0.25, -0.2) is 0 Å². The maximum Gasteiger partial charge on any atom is 0.223 e. The Labute approximate surface area is 143 Å². The molecule has 1 heterocycles. The van der Waals surface area contributed by atoms with E-state index in [2.05, 4.69) is 0 Å². The van der Waals surface area contributed by atoms with Gasteiger partial charge in [0, 0.05) is 31.5 Å². The van der Waals surface area contributed by atoms with Gasteiger partial charge in [0.2, 0.25) is 5.91 Å². The van der Waals surface area contributed by atoms with Crippen LogP contribution in [0.2, 0.25) is 0 Å². The van der Waals surface area contributed by atoms with Crippen molar-refractivity contribution in [2.75, 3.05) is 13.1 Å². The smallest absolute Gasteiger partial charge is 0.223 e. The molecule has 0 unspecified atom stereocenters. The van der Waals surface area contributed by atoms with Crippen molar-refractivity contribution in [1.29, 1.82) is 0 Å². The van der Waals surface area contributed by atoms with Crippen molar-refractivity contribution in [3.05, 3.63) is 60.2 Å². The van der Waals surface area contributed by atoms with Gasteiger partial charge in [0.25, 0.3) is 0 Å². The summed E-state index contributed by atoms with van der Waals surface area (Å²) >= 11 is 0. The molecule has 0 saturated carbocycles. The number of piperidine rings is 1. The first-order valence-corrected chi connectivity index (χ1v) is 8.70. The first-order chi connectivity index (χ1) is 11.7. The van der Waals surface area contributed by atoms with E-state index in [-0.39, 0.29) is 11.7 Å². The van der Waals surface area contributed by atoms with Gasteiger partial charge < -0.3 is 4.90 Å². The highest BCUT2D eigenvalue weighted by atomic mass is 16.2. The van der Waals surface area contributed by atoms with Gasteiger partial charge in [-0.05, 0) is 30.4 Å². The van der Waals surface area contributed by atoms with Gasteiger partial charge >= 0.3 is 0 Å². The molecule has 0 bridgehead atoms. The standard InChI is InChI=1S/C21H23NO2/c23-20(13-14-21(24)22-15-5-2-6-16-22)19-11-9-18(10-12-19)17-7-3-1-4-8-17/h1,3-4,7-12H,2,5-6,13-16H2. The van der Waals surface area contributed by atoms with Crippen LogP contribution in [-0.2, 0) is 4.79 Å². The lowest BCUT2D eigenvalue weighted by atomic mass is 10.0. The molecule has 2 aromatic rings. The van der Waals surface area contributed by atoms with Gasteiger partial charge in [-0.3, -0.25) is 9.59 Å². The molecule has 24 heavy (non-hydrogen) atoms. The Balaban J connectivity index is 1.56. The molecule has 1 aliphatic rings. The quantitative estimate of drug-likeness (QED) is 0.769. The SMILES string of the molecule is O=C(CCC(=O)N1CCCCC1)c1ccc(-c2ccccc2)cc1. The predicted molar refractivity (Wildman–Crippen MR) is 95.9 cm³/mol. The van der Waals surface area contributed by atoms with Gasteiger partial charge in [0.15, 0.2) is 5.78 Å². The van der Waals surface area contributed by atoms with E-state index in [0.717, 1.165) is 37.1 Å². The second-order valence-electron chi connectivity index (χ2n) is 6.31. The molecule has 1 saturated heterocycles. The fraction of sp³-hybridized carbons (Fsp3) is 0.333. The number of benzene rings is 2. The van der Waals surface area contributed by atoms with Crippen molar-refractivity contribution in [3.8, 4) is 11.1 Å². The fourth-order valence-electron chi connectivity index (χ4n) is 3.15. The zero-order chi connectivity index (χ0) is 16.8. The monoisotopic (exact) mass is 321 g/mol. The Kier molecular flexibility index (Phi) is 5.42. The Hall–Kier alpha value is -2.42. The lowest BCUT2D eigenvalue weighted by Crippen LogP contribution is -2.35. The van der Waals surface area contributed by atoms with E-state index in [9.17, 15) is 9.59 Å². The molecule has 1 aliphatic heterocycles. The molecular weight excluding hydrogens is 298 g/mol. The summed E-state index contributed by atoms with van der Waals surface area (Å²) in [5.41, 5.74) is 2.91. The van der Waals surface area contributed by atoms with E-state index in [1.807, 2.05) is 59.5 Å². The van der Waals surface area contributed by atoms with E-state index in [1.54, 1.807) is 0 Å². The summed E-state index contributed by atoms with van der Waals surface area (Å²) in [7, 11) is 0. The summed E-state index contributed by atoms with van der Waals surface area (Å²) < 4.78 is 0. The zero-order valence-corrected chi connectivity index (χ0v) is 13.9. The lowest BCUT2D eigenvalue weighted by Gasteiger charge is -2.26. The topological polar surface area (TPSA) is 37.4 Å². The highest BCUT2D eigenvalue weighted by Gasteiger charge is 2.17. The first-order valence-electron chi connectivity index (χ1n) is 8.70. The first kappa shape index (κ1) is 16.4. The number of carbonyl (C=O) groups is 2. The maximum absolute atomic E-state index is 12.3. The molecular formula is C21H23NO2. The third kappa shape index (κ3) is 4.10. The number of hydrogen-bond donors (Lipinski definition) is 0. The van der Waals surface area contributed by atoms with E-state index in [0.29, 0.717) is 18.4 Å². The Morgan fingerprint density at radius 3 is 2.04 bits per heavy atom. The number of ketones is 1. The summed E-state index contributed by atoms with van der Waals surface area (Å²) in [6, 6.07) is 17.7. The van der Waals surface area contributed by atoms with Crippen LogP contribution in [0.1, 0.15) is 42.5 Å². The lowest BCUT2D eigenvalue weighted by molar-refractivity contribution is -0.132. The highest BCUT2D eigenvalue weighted by molar-refractivity contribution is 5.98. The van der Waals surface area contributed by atoms with Gasteiger partial charge in [-0.15, -0.1) is 0 Å². The molecule has 1 fully saturated rings. The largest absolute Gasteiger partial charge is 0.343 e. The number of likely N-dealkylation sites (tertiary alicyclic amines) is 1. The second kappa shape index (κ2) is 7.91. The number of nitrogens with zero attached hydrogens (tertiary/aromatic N) is 1.